The van der Waals surface area contributed by atoms with E-state index in [4.69, 9.17) is 0 Å². The van der Waals surface area contributed by atoms with Gasteiger partial charge in [-0.25, -0.2) is 14.4 Å². The molecule has 3 nitrogen and oxygen atoms in total. The van der Waals surface area contributed by atoms with Gasteiger partial charge in [0, 0.05) is 12.3 Å². The van der Waals surface area contributed by atoms with Crippen LogP contribution in [0.1, 0.15) is 17.4 Å². The molecule has 70 valence electrons. The van der Waals surface area contributed by atoms with E-state index in [-0.39, 0.29) is 17.0 Å². The molecule has 0 aliphatic heterocycles. The predicted molar refractivity (Wildman–Crippen MR) is 49.5 cm³/mol. The molecule has 0 radical (unpaired) electrons. The van der Waals surface area contributed by atoms with Gasteiger partial charge in [0.15, 0.2) is 5.78 Å². The summed E-state index contributed by atoms with van der Waals surface area (Å²) in [5.74, 6) is -0.629. The van der Waals surface area contributed by atoms with E-state index in [0.29, 0.717) is 5.39 Å². The van der Waals surface area contributed by atoms with E-state index in [0.717, 1.165) is 0 Å². The van der Waals surface area contributed by atoms with Crippen LogP contribution in [0.25, 0.3) is 10.9 Å². The summed E-state index contributed by atoms with van der Waals surface area (Å²) in [5.41, 5.74) is 0.446. The standard InChI is InChI=1S/C10H7FN2O/c1-6(14)9-7-3-2-4-8(11)10(7)13-5-12-9/h2-5H,1H3. The Bertz CT molecular complexity index is 510. The van der Waals surface area contributed by atoms with Crippen LogP contribution in [-0.4, -0.2) is 15.8 Å². The molecule has 0 aliphatic carbocycles. The van der Waals surface area contributed by atoms with Gasteiger partial charge in [-0.15, -0.1) is 0 Å². The number of rotatable bonds is 1. The summed E-state index contributed by atoms with van der Waals surface area (Å²) in [4.78, 5) is 18.8. The number of hydrogen-bond acceptors (Lipinski definition) is 3. The van der Waals surface area contributed by atoms with Gasteiger partial charge in [-0.05, 0) is 6.07 Å². The van der Waals surface area contributed by atoms with Crippen molar-refractivity contribution in [2.45, 2.75) is 6.92 Å². The number of benzene rings is 1. The maximum atomic E-state index is 13.2. The van der Waals surface area contributed by atoms with Gasteiger partial charge in [-0.3, -0.25) is 4.79 Å². The van der Waals surface area contributed by atoms with E-state index in [2.05, 4.69) is 9.97 Å². The van der Waals surface area contributed by atoms with E-state index in [9.17, 15) is 9.18 Å². The van der Waals surface area contributed by atoms with Gasteiger partial charge in [0.1, 0.15) is 23.4 Å². The third-order valence-corrected chi connectivity index (χ3v) is 1.95. The molecule has 1 aromatic heterocycles. The zero-order chi connectivity index (χ0) is 10.1. The molecule has 0 fully saturated rings. The first-order chi connectivity index (χ1) is 6.70. The second-order valence-electron chi connectivity index (χ2n) is 2.91. The number of para-hydroxylation sites is 1. The van der Waals surface area contributed by atoms with Crippen molar-refractivity contribution in [2.75, 3.05) is 0 Å². The monoisotopic (exact) mass is 190 g/mol. The summed E-state index contributed by atoms with van der Waals surface area (Å²) in [5, 5.41) is 0.458. The van der Waals surface area contributed by atoms with Crippen molar-refractivity contribution in [1.29, 1.82) is 0 Å². The van der Waals surface area contributed by atoms with Gasteiger partial charge in [0.05, 0.1) is 0 Å². The SMILES string of the molecule is CC(=O)c1ncnc2c(F)cccc12. The van der Waals surface area contributed by atoms with E-state index in [1.807, 2.05) is 0 Å². The van der Waals surface area contributed by atoms with Crippen LogP contribution in [0.4, 0.5) is 4.39 Å². The lowest BCUT2D eigenvalue weighted by atomic mass is 10.1. The van der Waals surface area contributed by atoms with E-state index < -0.39 is 5.82 Å². The Hall–Kier alpha value is -1.84. The largest absolute Gasteiger partial charge is 0.293 e. The Balaban J connectivity index is 2.88. The Morgan fingerprint density at radius 3 is 2.86 bits per heavy atom. The lowest BCUT2D eigenvalue weighted by molar-refractivity contribution is 0.101. The van der Waals surface area contributed by atoms with Gasteiger partial charge in [0.2, 0.25) is 0 Å². The van der Waals surface area contributed by atoms with Crippen molar-refractivity contribution in [2.24, 2.45) is 0 Å². The molecule has 0 spiro atoms. The fourth-order valence-corrected chi connectivity index (χ4v) is 1.33. The zero-order valence-electron chi connectivity index (χ0n) is 7.49. The summed E-state index contributed by atoms with van der Waals surface area (Å²) in [6, 6.07) is 4.47. The first-order valence-electron chi connectivity index (χ1n) is 4.10. The molecule has 4 heteroatoms. The van der Waals surface area contributed by atoms with Crippen molar-refractivity contribution < 1.29 is 9.18 Å². The number of fused-ring (bicyclic) bond motifs is 1. The smallest absolute Gasteiger partial charge is 0.178 e. The molecule has 1 heterocycles. The molecule has 0 bridgehead atoms. The van der Waals surface area contributed by atoms with Crippen LogP contribution in [0.3, 0.4) is 0 Å². The molecule has 0 atom stereocenters. The fourth-order valence-electron chi connectivity index (χ4n) is 1.33. The number of aromatic nitrogens is 2. The van der Waals surface area contributed by atoms with Crippen molar-refractivity contribution in [1.82, 2.24) is 9.97 Å². The molecule has 0 saturated heterocycles. The minimum atomic E-state index is -0.438. The quantitative estimate of drug-likeness (QED) is 0.645. The second-order valence-corrected chi connectivity index (χ2v) is 2.91. The molecule has 2 aromatic rings. The van der Waals surface area contributed by atoms with Gasteiger partial charge < -0.3 is 0 Å². The minimum Gasteiger partial charge on any atom is -0.293 e. The summed E-state index contributed by atoms with van der Waals surface area (Å²) in [6.45, 7) is 1.40. The van der Waals surface area contributed by atoms with Crippen LogP contribution in [0.5, 0.6) is 0 Å². The third kappa shape index (κ3) is 1.25. The normalized spacial score (nSPS) is 10.4. The molecule has 2 rings (SSSR count). The number of ketones is 1. The van der Waals surface area contributed by atoms with E-state index in [1.165, 1.54) is 25.4 Å². The van der Waals surface area contributed by atoms with E-state index in [1.54, 1.807) is 6.07 Å². The van der Waals surface area contributed by atoms with Crippen LogP contribution >= 0.6 is 0 Å². The third-order valence-electron chi connectivity index (χ3n) is 1.95. The van der Waals surface area contributed by atoms with Gasteiger partial charge in [0.25, 0.3) is 0 Å². The van der Waals surface area contributed by atoms with Gasteiger partial charge >= 0.3 is 0 Å². The van der Waals surface area contributed by atoms with Crippen LogP contribution in [0.2, 0.25) is 0 Å². The first-order valence-corrected chi connectivity index (χ1v) is 4.10. The lowest BCUT2D eigenvalue weighted by Gasteiger charge is -2.01. The summed E-state index contributed by atoms with van der Waals surface area (Å²) in [7, 11) is 0. The number of nitrogens with zero attached hydrogens (tertiary/aromatic N) is 2. The molecular formula is C10H7FN2O. The fraction of sp³-hybridized carbons (Fsp3) is 0.100. The molecule has 0 unspecified atom stereocenters. The zero-order valence-corrected chi connectivity index (χ0v) is 7.49. The Morgan fingerprint density at radius 1 is 1.36 bits per heavy atom. The summed E-state index contributed by atoms with van der Waals surface area (Å²) < 4.78 is 13.2. The van der Waals surface area contributed by atoms with Crippen molar-refractivity contribution in [3.63, 3.8) is 0 Å². The molecular weight excluding hydrogens is 183 g/mol. The molecule has 0 N–H and O–H groups in total. The van der Waals surface area contributed by atoms with Crippen molar-refractivity contribution in [3.8, 4) is 0 Å². The predicted octanol–water partition coefficient (Wildman–Crippen LogP) is 1.97. The summed E-state index contributed by atoms with van der Waals surface area (Å²) in [6.07, 6.45) is 1.20. The maximum absolute atomic E-state index is 13.2. The highest BCUT2D eigenvalue weighted by Crippen LogP contribution is 2.17. The van der Waals surface area contributed by atoms with E-state index >= 15 is 0 Å². The van der Waals surface area contributed by atoms with Crippen LogP contribution in [0, 0.1) is 5.82 Å². The highest BCUT2D eigenvalue weighted by atomic mass is 19.1. The van der Waals surface area contributed by atoms with Crippen LogP contribution < -0.4 is 0 Å². The number of hydrogen-bond donors (Lipinski definition) is 0. The van der Waals surface area contributed by atoms with Crippen LogP contribution in [0.15, 0.2) is 24.5 Å². The molecule has 1 aromatic carbocycles. The first kappa shape index (κ1) is 8.74. The number of Topliss-reactive ketones (excluding diaryl/α,β-unsaturated/α-hetero) is 1. The second kappa shape index (κ2) is 3.14. The minimum absolute atomic E-state index is 0.188. The molecule has 0 amide bonds. The Kier molecular flexibility index (Phi) is 1.96. The topological polar surface area (TPSA) is 42.9 Å². The molecule has 0 aliphatic rings. The van der Waals surface area contributed by atoms with Crippen molar-refractivity contribution >= 4 is 16.7 Å². The highest BCUT2D eigenvalue weighted by Gasteiger charge is 2.09. The lowest BCUT2D eigenvalue weighted by Crippen LogP contribution is -1.99. The average molecular weight is 190 g/mol. The highest BCUT2D eigenvalue weighted by molar-refractivity contribution is 6.04. The maximum Gasteiger partial charge on any atom is 0.178 e. The number of carbonyl (C=O) groups excluding carboxylic acids is 1. The molecule has 0 saturated carbocycles. The van der Waals surface area contributed by atoms with Crippen LogP contribution in [-0.2, 0) is 0 Å². The van der Waals surface area contributed by atoms with Gasteiger partial charge in [-0.2, -0.15) is 0 Å². The van der Waals surface area contributed by atoms with Gasteiger partial charge in [-0.1, -0.05) is 12.1 Å². The number of halogens is 1. The number of carbonyl (C=O) groups is 1. The average Bonchev–Trinajstić information content (AvgIpc) is 2.17. The van der Waals surface area contributed by atoms with Crippen molar-refractivity contribution in [3.05, 3.63) is 36.0 Å². The Labute approximate surface area is 79.6 Å². The summed E-state index contributed by atoms with van der Waals surface area (Å²) >= 11 is 0. The molecule has 14 heavy (non-hydrogen) atoms. The Morgan fingerprint density at radius 2 is 2.14 bits per heavy atom.